The van der Waals surface area contributed by atoms with Gasteiger partial charge in [0, 0.05) is 0 Å². The van der Waals surface area contributed by atoms with Crippen LogP contribution in [0.3, 0.4) is 0 Å². The number of hydrogen-bond donors (Lipinski definition) is 7. The molecular weight excluding hydrogens is 779 g/mol. The molecule has 1 heterocycles. The second-order valence-electron chi connectivity index (χ2n) is 16.1. The van der Waals surface area contributed by atoms with Crippen molar-refractivity contribution in [2.24, 2.45) is 0 Å². The molecule has 1 saturated heterocycles. The molecule has 0 aromatic carbocycles. The van der Waals surface area contributed by atoms with Crippen LogP contribution in [0.4, 0.5) is 0 Å². The van der Waals surface area contributed by atoms with Crippen LogP contribution < -0.4 is 5.32 Å². The Hall–Kier alpha value is -1.72. The molecule has 1 aliphatic rings. The minimum absolute atomic E-state index is 0.229. The predicted molar refractivity (Wildman–Crippen MR) is 233 cm³/mol. The Morgan fingerprint density at radius 1 is 0.678 bits per heavy atom. The highest BCUT2D eigenvalue weighted by Gasteiger charge is 2.48. The summed E-state index contributed by atoms with van der Waals surface area (Å²) in [5.74, 6) is -0.721. The molecule has 0 aromatic rings. The highest BCUT2D eigenvalue weighted by Crippen LogP contribution is 2.26. The van der Waals surface area contributed by atoms with Crippen molar-refractivity contribution in [1.82, 2.24) is 5.32 Å². The molecule has 0 spiro atoms. The van der Waals surface area contributed by atoms with Crippen molar-refractivity contribution in [3.05, 3.63) is 36.5 Å². The molecule has 0 radical (unpaired) electrons. The molecule has 59 heavy (non-hydrogen) atoms. The first-order chi connectivity index (χ1) is 28.4. The van der Waals surface area contributed by atoms with Gasteiger partial charge in [-0.3, -0.25) is 9.35 Å². The van der Waals surface area contributed by atoms with Crippen molar-refractivity contribution in [3.8, 4) is 0 Å². The van der Waals surface area contributed by atoms with E-state index in [-0.39, 0.29) is 6.42 Å². The van der Waals surface area contributed by atoms with Gasteiger partial charge in [0.2, 0.25) is 5.91 Å². The number of allylic oxidation sites excluding steroid dienone is 5. The highest BCUT2D eigenvalue weighted by molar-refractivity contribution is 7.80. The van der Waals surface area contributed by atoms with Gasteiger partial charge in [0.05, 0.1) is 25.4 Å². The van der Waals surface area contributed by atoms with Gasteiger partial charge in [-0.15, -0.1) is 0 Å². The summed E-state index contributed by atoms with van der Waals surface area (Å²) in [5.41, 5.74) is 0. The molecule has 0 bridgehead atoms. The fraction of sp³-hybridized carbons (Fsp3) is 0.844. The molecular formula is C45H83NO12S. The second-order valence-corrected chi connectivity index (χ2v) is 17.2. The number of ether oxygens (including phenoxy) is 2. The number of carbonyl (C=O) groups is 1. The normalized spacial score (nSPS) is 21.8. The summed E-state index contributed by atoms with van der Waals surface area (Å²) >= 11 is 0. The maximum atomic E-state index is 13.0. The van der Waals surface area contributed by atoms with Crippen LogP contribution in [0.15, 0.2) is 36.5 Å². The third kappa shape index (κ3) is 28.5. The molecule has 0 aromatic heterocycles. The van der Waals surface area contributed by atoms with E-state index in [1.807, 2.05) is 0 Å². The maximum Gasteiger partial charge on any atom is 0.397 e. The Kier molecular flexibility index (Phi) is 33.6. The Morgan fingerprint density at radius 2 is 1.15 bits per heavy atom. The number of nitrogens with one attached hydrogen (secondary N) is 1. The third-order valence-corrected chi connectivity index (χ3v) is 11.2. The van der Waals surface area contributed by atoms with Crippen molar-refractivity contribution in [3.63, 3.8) is 0 Å². The number of aliphatic hydroxyl groups is 5. The number of rotatable bonds is 38. The molecule has 0 aliphatic carbocycles. The summed E-state index contributed by atoms with van der Waals surface area (Å²) in [7, 11) is -5.12. The zero-order chi connectivity index (χ0) is 43.6. The molecule has 1 fully saturated rings. The Morgan fingerprint density at radius 3 is 1.68 bits per heavy atom. The average molecular weight is 862 g/mol. The van der Waals surface area contributed by atoms with Crippen LogP contribution in [0.2, 0.25) is 0 Å². The van der Waals surface area contributed by atoms with Crippen molar-refractivity contribution in [2.45, 2.75) is 230 Å². The van der Waals surface area contributed by atoms with Gasteiger partial charge in [-0.05, 0) is 51.4 Å². The first-order valence-electron chi connectivity index (χ1n) is 23.0. The number of aliphatic hydroxyl groups excluding tert-OH is 5. The number of carbonyl (C=O) groups excluding carboxylic acids is 1. The fourth-order valence-electron chi connectivity index (χ4n) is 7.04. The van der Waals surface area contributed by atoms with Crippen molar-refractivity contribution >= 4 is 16.3 Å². The van der Waals surface area contributed by atoms with Crippen LogP contribution in [0.25, 0.3) is 0 Å². The summed E-state index contributed by atoms with van der Waals surface area (Å²) < 4.78 is 47.3. The summed E-state index contributed by atoms with van der Waals surface area (Å²) in [6.45, 7) is 3.10. The molecule has 8 atom stereocenters. The smallest absolute Gasteiger partial charge is 0.394 e. The molecule has 1 aliphatic heterocycles. The van der Waals surface area contributed by atoms with Gasteiger partial charge in [0.15, 0.2) is 6.29 Å². The van der Waals surface area contributed by atoms with Crippen molar-refractivity contribution < 1.29 is 57.0 Å². The standard InChI is InChI=1S/C45H83NO12S/c1-3-5-7-9-11-13-14-15-16-17-18-19-20-21-22-23-24-25-26-28-30-32-34-39(49)44(52)46-37(38(48)33-31-29-27-12-10-8-6-4-2)36-56-45-42(51)43(58-59(53,54)55)41(50)40(35-47)57-45/h10,12,21-22,31,33,37-43,45,47-51H,3-9,11,13-20,23-30,32,34-36H2,1-2H3,(H,46,52)(H,53,54,55)/b12-10+,22-21-,33-31+. The summed E-state index contributed by atoms with van der Waals surface area (Å²) in [5, 5.41) is 54.9. The topological polar surface area (TPSA) is 212 Å². The minimum atomic E-state index is -5.12. The lowest BCUT2D eigenvalue weighted by Gasteiger charge is -2.41. The maximum absolute atomic E-state index is 13.0. The van der Waals surface area contributed by atoms with Gasteiger partial charge in [0.1, 0.15) is 30.5 Å². The van der Waals surface area contributed by atoms with E-state index < -0.39 is 78.5 Å². The SMILES string of the molecule is CCCC/C=C/CC/C=C/C(O)C(COC1OC(CO)C(O)C(OS(=O)(=O)O)C1O)NC(=O)C(O)CCCCCCCC/C=C\CCCCCCCCCCCCCC. The third-order valence-electron chi connectivity index (χ3n) is 10.8. The largest absolute Gasteiger partial charge is 0.397 e. The summed E-state index contributed by atoms with van der Waals surface area (Å²) in [6, 6.07) is -1.14. The lowest BCUT2D eigenvalue weighted by atomic mass is 9.99. The molecule has 0 saturated carbocycles. The van der Waals surface area contributed by atoms with Crippen LogP contribution in [0, 0.1) is 0 Å². The molecule has 8 unspecified atom stereocenters. The van der Waals surface area contributed by atoms with E-state index in [9.17, 15) is 38.7 Å². The van der Waals surface area contributed by atoms with Gasteiger partial charge in [0.25, 0.3) is 0 Å². The zero-order valence-electron chi connectivity index (χ0n) is 36.4. The fourth-order valence-corrected chi connectivity index (χ4v) is 7.55. The van der Waals surface area contributed by atoms with Crippen LogP contribution in [0.1, 0.15) is 181 Å². The average Bonchev–Trinajstić information content (AvgIpc) is 3.20. The van der Waals surface area contributed by atoms with E-state index in [1.54, 1.807) is 6.08 Å². The first kappa shape index (κ1) is 55.3. The Labute approximate surface area is 357 Å². The summed E-state index contributed by atoms with van der Waals surface area (Å²) in [6.07, 6.45) is 29.9. The van der Waals surface area contributed by atoms with E-state index in [0.717, 1.165) is 70.6 Å². The van der Waals surface area contributed by atoms with E-state index in [1.165, 1.54) is 83.1 Å². The van der Waals surface area contributed by atoms with Gasteiger partial charge in [-0.1, -0.05) is 166 Å². The highest BCUT2D eigenvalue weighted by atomic mass is 32.3. The van der Waals surface area contributed by atoms with Gasteiger partial charge < -0.3 is 40.3 Å². The zero-order valence-corrected chi connectivity index (χ0v) is 37.2. The van der Waals surface area contributed by atoms with Gasteiger partial charge in [-0.2, -0.15) is 8.42 Å². The van der Waals surface area contributed by atoms with Crippen LogP contribution in [0.5, 0.6) is 0 Å². The van der Waals surface area contributed by atoms with E-state index in [0.29, 0.717) is 12.8 Å². The quantitative estimate of drug-likeness (QED) is 0.0181. The molecule has 13 nitrogen and oxygen atoms in total. The molecule has 14 heteroatoms. The van der Waals surface area contributed by atoms with Gasteiger partial charge >= 0.3 is 10.4 Å². The molecule has 7 N–H and O–H groups in total. The van der Waals surface area contributed by atoms with E-state index in [2.05, 4.69) is 47.7 Å². The van der Waals surface area contributed by atoms with E-state index >= 15 is 0 Å². The van der Waals surface area contributed by atoms with Gasteiger partial charge in [-0.25, -0.2) is 4.18 Å². The number of hydrogen-bond acceptors (Lipinski definition) is 11. The second kappa shape index (κ2) is 35.8. The first-order valence-corrected chi connectivity index (χ1v) is 24.3. The monoisotopic (exact) mass is 862 g/mol. The molecule has 1 rings (SSSR count). The van der Waals surface area contributed by atoms with Crippen LogP contribution in [-0.2, 0) is 28.9 Å². The minimum Gasteiger partial charge on any atom is -0.394 e. The predicted octanol–water partition coefficient (Wildman–Crippen LogP) is 7.69. The van der Waals surface area contributed by atoms with Crippen molar-refractivity contribution in [2.75, 3.05) is 13.2 Å². The molecule has 1 amide bonds. The number of unbranched alkanes of at least 4 members (excludes halogenated alkanes) is 21. The van der Waals surface area contributed by atoms with Crippen molar-refractivity contribution in [1.29, 1.82) is 0 Å². The van der Waals surface area contributed by atoms with E-state index in [4.69, 9.17) is 14.0 Å². The Balaban J connectivity index is 2.45. The number of amides is 1. The summed E-state index contributed by atoms with van der Waals surface area (Å²) in [4.78, 5) is 13.0. The lowest BCUT2D eigenvalue weighted by molar-refractivity contribution is -0.298. The van der Waals surface area contributed by atoms with Crippen LogP contribution in [-0.4, -0.2) is 107 Å². The Bertz CT molecular complexity index is 1220. The molecule has 346 valence electrons. The lowest BCUT2D eigenvalue weighted by Crippen LogP contribution is -2.61. The van der Waals surface area contributed by atoms with Crippen LogP contribution >= 0.6 is 0 Å².